The van der Waals surface area contributed by atoms with E-state index in [1.54, 1.807) is 0 Å². The maximum atomic E-state index is 11.2. The van der Waals surface area contributed by atoms with Crippen molar-refractivity contribution in [1.82, 2.24) is 5.32 Å². The van der Waals surface area contributed by atoms with Crippen LogP contribution in [0.5, 0.6) is 0 Å². The van der Waals surface area contributed by atoms with E-state index in [-0.39, 0.29) is 11.9 Å². The summed E-state index contributed by atoms with van der Waals surface area (Å²) in [6.45, 7) is 1.07. The maximum Gasteiger partial charge on any atom is 0.341 e. The van der Waals surface area contributed by atoms with E-state index in [0.717, 1.165) is 25.9 Å². The molecule has 0 radical (unpaired) electrons. The second-order valence-corrected chi connectivity index (χ2v) is 3.03. The van der Waals surface area contributed by atoms with Crippen molar-refractivity contribution in [1.29, 1.82) is 0 Å². The van der Waals surface area contributed by atoms with Gasteiger partial charge in [-0.1, -0.05) is 0 Å². The molecule has 0 spiro atoms. The normalized spacial score (nSPS) is 18.2. The monoisotopic (exact) mass is 187 g/mol. The summed E-state index contributed by atoms with van der Waals surface area (Å²) in [6.07, 6.45) is 1.47. The lowest BCUT2D eigenvalue weighted by molar-refractivity contribution is -0.158. The van der Waals surface area contributed by atoms with E-state index >= 15 is 0 Å². The molecule has 0 aromatic heterocycles. The predicted octanol–water partition coefficient (Wildman–Crippen LogP) is -0.386. The van der Waals surface area contributed by atoms with Crippen molar-refractivity contribution in [2.75, 3.05) is 19.7 Å². The summed E-state index contributed by atoms with van der Waals surface area (Å²) < 4.78 is 4.58. The van der Waals surface area contributed by atoms with Gasteiger partial charge in [0.1, 0.15) is 0 Å². The molecule has 0 aromatic carbocycles. The van der Waals surface area contributed by atoms with Gasteiger partial charge in [-0.15, -0.1) is 0 Å². The Labute approximate surface area is 76.1 Å². The maximum absolute atomic E-state index is 11.2. The Kier molecular flexibility index (Phi) is 3.70. The standard InChI is InChI=1S/C8H13NO4/c10-7(11)5-13-8(12)6-1-3-9-4-2-6/h6,9H,1-5H2,(H,10,11). The molecule has 74 valence electrons. The second-order valence-electron chi connectivity index (χ2n) is 3.03. The SMILES string of the molecule is O=C(O)COC(=O)C1CCNCC1. The van der Waals surface area contributed by atoms with E-state index in [4.69, 9.17) is 5.11 Å². The molecule has 0 bridgehead atoms. The van der Waals surface area contributed by atoms with Gasteiger partial charge >= 0.3 is 11.9 Å². The topological polar surface area (TPSA) is 75.6 Å². The smallest absolute Gasteiger partial charge is 0.341 e. The number of nitrogens with one attached hydrogen (secondary N) is 1. The molecular formula is C8H13NO4. The quantitative estimate of drug-likeness (QED) is 0.589. The van der Waals surface area contributed by atoms with E-state index < -0.39 is 12.6 Å². The van der Waals surface area contributed by atoms with Crippen LogP contribution in [0.15, 0.2) is 0 Å². The minimum absolute atomic E-state index is 0.124. The molecule has 1 heterocycles. The molecule has 13 heavy (non-hydrogen) atoms. The average Bonchev–Trinajstić information content (AvgIpc) is 2.15. The number of piperidine rings is 1. The molecule has 0 aliphatic carbocycles. The fourth-order valence-corrected chi connectivity index (χ4v) is 1.31. The summed E-state index contributed by atoms with van der Waals surface area (Å²) in [5.74, 6) is -1.62. The van der Waals surface area contributed by atoms with Crippen LogP contribution in [0, 0.1) is 5.92 Å². The van der Waals surface area contributed by atoms with Gasteiger partial charge < -0.3 is 15.2 Å². The van der Waals surface area contributed by atoms with Gasteiger partial charge in [0.2, 0.25) is 0 Å². The summed E-state index contributed by atoms with van der Waals surface area (Å²) in [5.41, 5.74) is 0. The highest BCUT2D eigenvalue weighted by molar-refractivity contribution is 5.76. The van der Waals surface area contributed by atoms with Crippen LogP contribution in [-0.2, 0) is 14.3 Å². The minimum atomic E-state index is -1.11. The van der Waals surface area contributed by atoms with Gasteiger partial charge in [0.25, 0.3) is 0 Å². The summed E-state index contributed by atoms with van der Waals surface area (Å²) >= 11 is 0. The van der Waals surface area contributed by atoms with Crippen LogP contribution < -0.4 is 5.32 Å². The Morgan fingerprint density at radius 3 is 2.54 bits per heavy atom. The van der Waals surface area contributed by atoms with Gasteiger partial charge in [-0.05, 0) is 25.9 Å². The van der Waals surface area contributed by atoms with Crippen LogP contribution in [0.4, 0.5) is 0 Å². The van der Waals surface area contributed by atoms with Gasteiger partial charge in [0.05, 0.1) is 5.92 Å². The van der Waals surface area contributed by atoms with Crippen LogP contribution in [0.2, 0.25) is 0 Å². The number of rotatable bonds is 3. The fraction of sp³-hybridized carbons (Fsp3) is 0.750. The van der Waals surface area contributed by atoms with E-state index in [0.29, 0.717) is 0 Å². The van der Waals surface area contributed by atoms with Crippen LogP contribution >= 0.6 is 0 Å². The Bertz CT molecular complexity index is 198. The van der Waals surface area contributed by atoms with Crippen LogP contribution in [0.1, 0.15) is 12.8 Å². The molecular weight excluding hydrogens is 174 g/mol. The molecule has 0 aromatic rings. The largest absolute Gasteiger partial charge is 0.479 e. The Morgan fingerprint density at radius 1 is 1.38 bits per heavy atom. The van der Waals surface area contributed by atoms with Gasteiger partial charge in [-0.2, -0.15) is 0 Å². The number of esters is 1. The third kappa shape index (κ3) is 3.42. The third-order valence-corrected chi connectivity index (χ3v) is 2.01. The number of aliphatic carboxylic acids is 1. The van der Waals surface area contributed by atoms with Crippen molar-refractivity contribution in [3.63, 3.8) is 0 Å². The highest BCUT2D eigenvalue weighted by Gasteiger charge is 2.22. The van der Waals surface area contributed by atoms with E-state index in [2.05, 4.69) is 10.1 Å². The summed E-state index contributed by atoms with van der Waals surface area (Å²) in [7, 11) is 0. The van der Waals surface area contributed by atoms with Crippen LogP contribution in [0.3, 0.4) is 0 Å². The van der Waals surface area contributed by atoms with Crippen LogP contribution in [0.25, 0.3) is 0 Å². The van der Waals surface area contributed by atoms with Gasteiger partial charge in [0, 0.05) is 0 Å². The molecule has 0 saturated carbocycles. The summed E-state index contributed by atoms with van der Waals surface area (Å²) in [5, 5.41) is 11.4. The number of carboxylic acids is 1. The molecule has 0 amide bonds. The Hall–Kier alpha value is -1.10. The number of carboxylic acid groups (broad SMARTS) is 1. The number of carbonyl (C=O) groups is 2. The molecule has 0 unspecified atom stereocenters. The zero-order valence-corrected chi connectivity index (χ0v) is 7.28. The third-order valence-electron chi connectivity index (χ3n) is 2.01. The minimum Gasteiger partial charge on any atom is -0.479 e. The lowest BCUT2D eigenvalue weighted by Gasteiger charge is -2.20. The highest BCUT2D eigenvalue weighted by Crippen LogP contribution is 2.12. The zero-order chi connectivity index (χ0) is 9.68. The van der Waals surface area contributed by atoms with Crippen molar-refractivity contribution in [2.24, 2.45) is 5.92 Å². The number of carbonyl (C=O) groups excluding carboxylic acids is 1. The first-order valence-electron chi connectivity index (χ1n) is 4.29. The molecule has 0 atom stereocenters. The van der Waals surface area contributed by atoms with Gasteiger partial charge in [0.15, 0.2) is 6.61 Å². The van der Waals surface area contributed by atoms with Gasteiger partial charge in [-0.25, -0.2) is 4.79 Å². The van der Waals surface area contributed by atoms with Crippen molar-refractivity contribution < 1.29 is 19.4 Å². The average molecular weight is 187 g/mol. The molecule has 5 heteroatoms. The number of hydrogen-bond acceptors (Lipinski definition) is 4. The molecule has 1 aliphatic heterocycles. The van der Waals surface area contributed by atoms with Crippen molar-refractivity contribution in [3.05, 3.63) is 0 Å². The van der Waals surface area contributed by atoms with Crippen molar-refractivity contribution in [3.8, 4) is 0 Å². The number of hydrogen-bond donors (Lipinski definition) is 2. The summed E-state index contributed by atoms with van der Waals surface area (Å²) in [4.78, 5) is 21.3. The Morgan fingerprint density at radius 2 is 2.00 bits per heavy atom. The lowest BCUT2D eigenvalue weighted by atomic mass is 9.99. The first-order valence-corrected chi connectivity index (χ1v) is 4.29. The van der Waals surface area contributed by atoms with E-state index in [9.17, 15) is 9.59 Å². The van der Waals surface area contributed by atoms with Crippen molar-refractivity contribution in [2.45, 2.75) is 12.8 Å². The number of ether oxygens (including phenoxy) is 1. The lowest BCUT2D eigenvalue weighted by Crippen LogP contribution is -2.33. The molecule has 1 saturated heterocycles. The fourth-order valence-electron chi connectivity index (χ4n) is 1.31. The van der Waals surface area contributed by atoms with Crippen molar-refractivity contribution >= 4 is 11.9 Å². The van der Waals surface area contributed by atoms with Crippen LogP contribution in [-0.4, -0.2) is 36.7 Å². The van der Waals surface area contributed by atoms with Gasteiger partial charge in [-0.3, -0.25) is 4.79 Å². The van der Waals surface area contributed by atoms with E-state index in [1.165, 1.54) is 0 Å². The zero-order valence-electron chi connectivity index (χ0n) is 7.28. The summed E-state index contributed by atoms with van der Waals surface area (Å²) in [6, 6.07) is 0. The Balaban J connectivity index is 2.25. The molecule has 1 aliphatic rings. The highest BCUT2D eigenvalue weighted by atomic mass is 16.5. The molecule has 2 N–H and O–H groups in total. The molecule has 1 fully saturated rings. The molecule has 1 rings (SSSR count). The first-order chi connectivity index (χ1) is 6.20. The molecule has 5 nitrogen and oxygen atoms in total. The van der Waals surface area contributed by atoms with E-state index in [1.807, 2.05) is 0 Å². The first kappa shape index (κ1) is 9.98. The second kappa shape index (κ2) is 4.81. The predicted molar refractivity (Wildman–Crippen MR) is 44.2 cm³/mol.